The molecule has 11 heteroatoms. The number of likely N-dealkylation sites (N-methyl/N-ethyl adjacent to an activating group) is 1. The summed E-state index contributed by atoms with van der Waals surface area (Å²) in [5.41, 5.74) is 4.71. The maximum absolute atomic E-state index is 13.2. The Hall–Kier alpha value is -4.15. The minimum absolute atomic E-state index is 0.0314. The number of hydrogen-bond acceptors (Lipinski definition) is 7. The van der Waals surface area contributed by atoms with Gasteiger partial charge in [0.2, 0.25) is 5.91 Å². The highest BCUT2D eigenvalue weighted by atomic mass is 35.5. The van der Waals surface area contributed by atoms with Gasteiger partial charge in [0.05, 0.1) is 30.6 Å². The maximum Gasteiger partial charge on any atom is 0.254 e. The Morgan fingerprint density at radius 3 is 2.51 bits per heavy atom. The molecule has 1 aliphatic heterocycles. The summed E-state index contributed by atoms with van der Waals surface area (Å²) in [7, 11) is 3.33. The lowest BCUT2D eigenvalue weighted by Gasteiger charge is -2.35. The first-order valence-electron chi connectivity index (χ1n) is 12.6. The first kappa shape index (κ1) is 26.5. The van der Waals surface area contributed by atoms with E-state index in [1.807, 2.05) is 53.9 Å². The van der Waals surface area contributed by atoms with Crippen molar-refractivity contribution in [2.24, 2.45) is 0 Å². The predicted molar refractivity (Wildman–Crippen MR) is 151 cm³/mol. The molecule has 2 aromatic carbocycles. The van der Waals surface area contributed by atoms with Crippen LogP contribution in [0.25, 0.3) is 16.9 Å². The fourth-order valence-corrected chi connectivity index (χ4v) is 5.01. The van der Waals surface area contributed by atoms with Crippen molar-refractivity contribution in [1.29, 1.82) is 0 Å². The van der Waals surface area contributed by atoms with Crippen molar-refractivity contribution in [1.82, 2.24) is 29.5 Å². The van der Waals surface area contributed by atoms with Gasteiger partial charge in [-0.2, -0.15) is 0 Å². The number of fused-ring (bicyclic) bond motifs is 1. The van der Waals surface area contributed by atoms with Gasteiger partial charge >= 0.3 is 0 Å². The Morgan fingerprint density at radius 1 is 1.05 bits per heavy atom. The number of imidazole rings is 1. The third kappa shape index (κ3) is 5.39. The lowest BCUT2D eigenvalue weighted by Crippen LogP contribution is -2.52. The zero-order valence-electron chi connectivity index (χ0n) is 22.1. The number of aryl methyl sites for hydroxylation is 1. The highest BCUT2D eigenvalue weighted by Crippen LogP contribution is 2.31. The number of aromatic nitrogens is 3. The fourth-order valence-electron chi connectivity index (χ4n) is 4.76. The van der Waals surface area contributed by atoms with Crippen LogP contribution in [-0.4, -0.2) is 82.9 Å². The second kappa shape index (κ2) is 11.3. The number of halogens is 1. The number of nitrogens with one attached hydrogen (secondary N) is 2. The number of carbonyl (C=O) groups is 2. The lowest BCUT2D eigenvalue weighted by molar-refractivity contribution is -0.131. The first-order chi connectivity index (χ1) is 18.9. The van der Waals surface area contributed by atoms with Crippen molar-refractivity contribution in [2.45, 2.75) is 6.92 Å². The van der Waals surface area contributed by atoms with Crippen LogP contribution in [0.5, 0.6) is 5.75 Å². The number of hydrogen-bond donors (Lipinski definition) is 2. The highest BCUT2D eigenvalue weighted by Gasteiger charge is 2.25. The third-order valence-corrected chi connectivity index (χ3v) is 7.14. The Bertz CT molecular complexity index is 1530. The minimum Gasteiger partial charge on any atom is -0.495 e. The molecule has 0 radical (unpaired) electrons. The molecule has 0 saturated carbocycles. The van der Waals surface area contributed by atoms with Gasteiger partial charge in [-0.05, 0) is 55.9 Å². The summed E-state index contributed by atoms with van der Waals surface area (Å²) in [5.74, 6) is 1.22. The molecule has 4 aromatic rings. The van der Waals surface area contributed by atoms with Gasteiger partial charge in [-0.3, -0.25) is 14.0 Å². The summed E-state index contributed by atoms with van der Waals surface area (Å²) in [6.07, 6.45) is 5.33. The molecule has 2 amide bonds. The van der Waals surface area contributed by atoms with Gasteiger partial charge in [-0.1, -0.05) is 11.6 Å². The number of ether oxygens (including phenoxy) is 1. The van der Waals surface area contributed by atoms with Gasteiger partial charge in [-0.15, -0.1) is 0 Å². The Balaban J connectivity index is 1.32. The van der Waals surface area contributed by atoms with Crippen LogP contribution < -0.4 is 15.4 Å². The Labute approximate surface area is 231 Å². The number of methoxy groups -OCH3 is 1. The van der Waals surface area contributed by atoms with E-state index in [9.17, 15) is 9.59 Å². The first-order valence-corrected chi connectivity index (χ1v) is 13.0. The van der Waals surface area contributed by atoms with E-state index >= 15 is 0 Å². The molecule has 3 heterocycles. The average molecular weight is 548 g/mol. The number of piperazine rings is 1. The number of nitrogens with zero attached hydrogens (tertiary/aromatic N) is 5. The van der Waals surface area contributed by atoms with Crippen LogP contribution in [0.2, 0.25) is 5.02 Å². The third-order valence-electron chi connectivity index (χ3n) is 6.84. The molecule has 0 atom stereocenters. The van der Waals surface area contributed by atoms with Crippen LogP contribution in [-0.2, 0) is 4.79 Å². The van der Waals surface area contributed by atoms with Gasteiger partial charge in [0.15, 0.2) is 11.5 Å². The summed E-state index contributed by atoms with van der Waals surface area (Å²) in [4.78, 5) is 38.0. The minimum atomic E-state index is -0.0314. The summed E-state index contributed by atoms with van der Waals surface area (Å²) in [6, 6.07) is 11.2. The Kier molecular flexibility index (Phi) is 7.67. The number of carbonyl (C=O) groups excluding carboxylic acids is 2. The maximum atomic E-state index is 13.2. The van der Waals surface area contributed by atoms with Crippen LogP contribution in [0, 0.1) is 6.92 Å². The number of anilines is 2. The molecule has 39 heavy (non-hydrogen) atoms. The molecule has 1 aliphatic rings. The van der Waals surface area contributed by atoms with Crippen LogP contribution >= 0.6 is 11.6 Å². The number of rotatable bonds is 7. The van der Waals surface area contributed by atoms with Crippen LogP contribution in [0.4, 0.5) is 11.5 Å². The largest absolute Gasteiger partial charge is 0.495 e. The predicted octanol–water partition coefficient (Wildman–Crippen LogP) is 3.61. The van der Waals surface area contributed by atoms with Crippen molar-refractivity contribution >= 4 is 40.6 Å². The SMILES string of the molecule is CNCC(=O)N1CCN(C(=O)c2ccc(Nc3nccn4c(-c5ccc(OC)c(Cl)c5)cnc34)cc2C)CC1. The molecule has 0 spiro atoms. The number of benzene rings is 2. The highest BCUT2D eigenvalue weighted by molar-refractivity contribution is 6.32. The van der Waals surface area contributed by atoms with E-state index in [0.717, 1.165) is 22.5 Å². The van der Waals surface area contributed by atoms with Gasteiger partial charge < -0.3 is 25.2 Å². The second-order valence-electron chi connectivity index (χ2n) is 9.32. The van der Waals surface area contributed by atoms with Crippen molar-refractivity contribution in [3.05, 3.63) is 71.1 Å². The summed E-state index contributed by atoms with van der Waals surface area (Å²) >= 11 is 6.34. The van der Waals surface area contributed by atoms with Crippen molar-refractivity contribution in [3.63, 3.8) is 0 Å². The van der Waals surface area contributed by atoms with E-state index in [-0.39, 0.29) is 11.8 Å². The number of amides is 2. The fraction of sp³-hybridized carbons (Fsp3) is 0.286. The average Bonchev–Trinajstić information content (AvgIpc) is 3.38. The van der Waals surface area contributed by atoms with Gasteiger partial charge in [0.1, 0.15) is 5.75 Å². The smallest absolute Gasteiger partial charge is 0.254 e. The van der Waals surface area contributed by atoms with E-state index in [1.54, 1.807) is 36.4 Å². The standard InChI is InChI=1S/C28H30ClN7O3/c1-18-14-20(5-6-21(18)28(38)35-12-10-34(11-13-35)25(37)17-30-2)33-26-27-32-16-23(36(27)9-8-31-26)19-4-7-24(39-3)22(29)15-19/h4-9,14-16,30H,10-13,17H2,1-3H3,(H,31,33). The molecule has 1 saturated heterocycles. The van der Waals surface area contributed by atoms with Gasteiger partial charge in [0.25, 0.3) is 5.91 Å². The van der Waals surface area contributed by atoms with Crippen LogP contribution in [0.15, 0.2) is 55.0 Å². The molecular weight excluding hydrogens is 518 g/mol. The van der Waals surface area contributed by atoms with Crippen LogP contribution in [0.1, 0.15) is 15.9 Å². The molecule has 2 aromatic heterocycles. The van der Waals surface area contributed by atoms with E-state index in [0.29, 0.717) is 60.5 Å². The topological polar surface area (TPSA) is 104 Å². The van der Waals surface area contributed by atoms with Crippen LogP contribution in [0.3, 0.4) is 0 Å². The molecule has 0 bridgehead atoms. The summed E-state index contributed by atoms with van der Waals surface area (Å²) in [5, 5.41) is 6.75. The molecule has 0 unspecified atom stereocenters. The summed E-state index contributed by atoms with van der Waals surface area (Å²) in [6.45, 7) is 4.33. The van der Waals surface area contributed by atoms with Crippen molar-refractivity contribution in [3.8, 4) is 17.0 Å². The molecule has 202 valence electrons. The van der Waals surface area contributed by atoms with Gasteiger partial charge in [0, 0.05) is 55.4 Å². The van der Waals surface area contributed by atoms with E-state index in [2.05, 4.69) is 20.6 Å². The van der Waals surface area contributed by atoms with E-state index in [4.69, 9.17) is 16.3 Å². The monoisotopic (exact) mass is 547 g/mol. The van der Waals surface area contributed by atoms with Crippen molar-refractivity contribution in [2.75, 3.05) is 52.2 Å². The zero-order valence-corrected chi connectivity index (χ0v) is 22.8. The molecular formula is C28H30ClN7O3. The molecule has 10 nitrogen and oxygen atoms in total. The van der Waals surface area contributed by atoms with Gasteiger partial charge in [-0.25, -0.2) is 9.97 Å². The molecule has 2 N–H and O–H groups in total. The Morgan fingerprint density at radius 2 is 1.82 bits per heavy atom. The van der Waals surface area contributed by atoms with E-state index in [1.165, 1.54) is 0 Å². The zero-order chi connectivity index (χ0) is 27.5. The summed E-state index contributed by atoms with van der Waals surface area (Å²) < 4.78 is 7.21. The van der Waals surface area contributed by atoms with Crippen molar-refractivity contribution < 1.29 is 14.3 Å². The quantitative estimate of drug-likeness (QED) is 0.364. The lowest BCUT2D eigenvalue weighted by atomic mass is 10.1. The molecule has 1 fully saturated rings. The molecule has 5 rings (SSSR count). The second-order valence-corrected chi connectivity index (χ2v) is 9.73. The molecule has 0 aliphatic carbocycles. The van der Waals surface area contributed by atoms with E-state index < -0.39 is 0 Å². The normalized spacial score (nSPS) is 13.5.